The molecule has 1 aliphatic rings. The Morgan fingerprint density at radius 3 is 2.53 bits per heavy atom. The number of nitrogens with zero attached hydrogens (tertiary/aromatic N) is 1. The van der Waals surface area contributed by atoms with E-state index in [2.05, 4.69) is 18.7 Å². The summed E-state index contributed by atoms with van der Waals surface area (Å²) in [5, 5.41) is 8.69. The first-order valence-electron chi connectivity index (χ1n) is 6.52. The van der Waals surface area contributed by atoms with Crippen LogP contribution in [0.15, 0.2) is 0 Å². The molecule has 0 aromatic carbocycles. The van der Waals surface area contributed by atoms with E-state index in [1.54, 1.807) is 7.11 Å². The van der Waals surface area contributed by atoms with Gasteiger partial charge in [0.25, 0.3) is 0 Å². The van der Waals surface area contributed by atoms with Crippen molar-refractivity contribution in [3.8, 4) is 0 Å². The van der Waals surface area contributed by atoms with Crippen LogP contribution in [-0.4, -0.2) is 48.3 Å². The minimum absolute atomic E-state index is 0.258. The normalized spacial score (nSPS) is 17.7. The van der Waals surface area contributed by atoms with Gasteiger partial charge in [0.05, 0.1) is 6.61 Å². The lowest BCUT2D eigenvalue weighted by Crippen LogP contribution is -2.45. The molecule has 1 unspecified atom stereocenters. The SMILES string of the molecule is COCC(C1CC1)N(CCCC(=O)O)C(C)C. The van der Waals surface area contributed by atoms with Gasteiger partial charge < -0.3 is 9.84 Å². The molecule has 0 radical (unpaired) electrons. The molecule has 0 aromatic rings. The smallest absolute Gasteiger partial charge is 0.303 e. The molecule has 4 nitrogen and oxygen atoms in total. The van der Waals surface area contributed by atoms with E-state index in [0.29, 0.717) is 12.1 Å². The van der Waals surface area contributed by atoms with Gasteiger partial charge in [0.2, 0.25) is 0 Å². The summed E-state index contributed by atoms with van der Waals surface area (Å²) >= 11 is 0. The number of rotatable bonds is 9. The van der Waals surface area contributed by atoms with E-state index in [4.69, 9.17) is 9.84 Å². The van der Waals surface area contributed by atoms with E-state index in [0.717, 1.165) is 25.5 Å². The fourth-order valence-electron chi connectivity index (χ4n) is 2.37. The number of carboxylic acids is 1. The summed E-state index contributed by atoms with van der Waals surface area (Å²) in [6, 6.07) is 0.915. The van der Waals surface area contributed by atoms with Gasteiger partial charge in [0.15, 0.2) is 0 Å². The molecule has 0 aromatic heterocycles. The Balaban J connectivity index is 2.46. The zero-order valence-corrected chi connectivity index (χ0v) is 11.2. The molecule has 0 amide bonds. The van der Waals surface area contributed by atoms with Gasteiger partial charge in [-0.3, -0.25) is 9.69 Å². The van der Waals surface area contributed by atoms with Crippen molar-refractivity contribution in [2.45, 2.75) is 51.6 Å². The Kier molecular flexibility index (Phi) is 5.92. The van der Waals surface area contributed by atoms with Gasteiger partial charge in [-0.15, -0.1) is 0 Å². The maximum absolute atomic E-state index is 10.5. The van der Waals surface area contributed by atoms with Gasteiger partial charge in [-0.1, -0.05) is 0 Å². The van der Waals surface area contributed by atoms with Crippen molar-refractivity contribution in [3.05, 3.63) is 0 Å². The van der Waals surface area contributed by atoms with E-state index in [1.165, 1.54) is 12.8 Å². The predicted molar refractivity (Wildman–Crippen MR) is 67.1 cm³/mol. The third-order valence-corrected chi connectivity index (χ3v) is 3.40. The van der Waals surface area contributed by atoms with Gasteiger partial charge in [-0.25, -0.2) is 0 Å². The average Bonchev–Trinajstić information content (AvgIpc) is 3.04. The molecular formula is C13H25NO3. The molecule has 0 spiro atoms. The van der Waals surface area contributed by atoms with Crippen LogP contribution in [-0.2, 0) is 9.53 Å². The molecule has 0 aliphatic heterocycles. The van der Waals surface area contributed by atoms with Gasteiger partial charge in [0.1, 0.15) is 0 Å². The van der Waals surface area contributed by atoms with E-state index in [1.807, 2.05) is 0 Å². The zero-order valence-electron chi connectivity index (χ0n) is 11.2. The van der Waals surface area contributed by atoms with Crippen molar-refractivity contribution in [3.63, 3.8) is 0 Å². The molecule has 1 atom stereocenters. The van der Waals surface area contributed by atoms with E-state index in [9.17, 15) is 4.79 Å². The van der Waals surface area contributed by atoms with Gasteiger partial charge in [-0.2, -0.15) is 0 Å². The number of hydrogen-bond acceptors (Lipinski definition) is 3. The second kappa shape index (κ2) is 6.97. The van der Waals surface area contributed by atoms with E-state index in [-0.39, 0.29) is 6.42 Å². The number of aliphatic carboxylic acids is 1. The molecule has 1 N–H and O–H groups in total. The fourth-order valence-corrected chi connectivity index (χ4v) is 2.37. The lowest BCUT2D eigenvalue weighted by Gasteiger charge is -2.34. The summed E-state index contributed by atoms with van der Waals surface area (Å²) in [6.07, 6.45) is 3.56. The molecule has 4 heteroatoms. The molecule has 0 saturated heterocycles. The first-order chi connectivity index (χ1) is 8.06. The second-order valence-electron chi connectivity index (χ2n) is 5.19. The van der Waals surface area contributed by atoms with E-state index < -0.39 is 5.97 Å². The lowest BCUT2D eigenvalue weighted by molar-refractivity contribution is -0.137. The van der Waals surface area contributed by atoms with Crippen LogP contribution in [0, 0.1) is 5.92 Å². The molecular weight excluding hydrogens is 218 g/mol. The van der Waals surface area contributed by atoms with Crippen LogP contribution in [0.4, 0.5) is 0 Å². The first kappa shape index (κ1) is 14.5. The molecule has 1 fully saturated rings. The highest BCUT2D eigenvalue weighted by Gasteiger charge is 2.35. The maximum atomic E-state index is 10.5. The fraction of sp³-hybridized carbons (Fsp3) is 0.923. The second-order valence-corrected chi connectivity index (χ2v) is 5.19. The van der Waals surface area contributed by atoms with Crippen molar-refractivity contribution in [1.82, 2.24) is 4.90 Å². The van der Waals surface area contributed by atoms with Crippen LogP contribution in [0.1, 0.15) is 39.5 Å². The molecule has 0 heterocycles. The molecule has 17 heavy (non-hydrogen) atoms. The Bertz CT molecular complexity index is 239. The van der Waals surface area contributed by atoms with Crippen molar-refractivity contribution in [1.29, 1.82) is 0 Å². The Morgan fingerprint density at radius 1 is 1.47 bits per heavy atom. The maximum Gasteiger partial charge on any atom is 0.303 e. The van der Waals surface area contributed by atoms with Crippen LogP contribution < -0.4 is 0 Å². The van der Waals surface area contributed by atoms with Crippen LogP contribution >= 0.6 is 0 Å². The summed E-state index contributed by atoms with van der Waals surface area (Å²) in [4.78, 5) is 13.0. The number of carbonyl (C=O) groups is 1. The van der Waals surface area contributed by atoms with Gasteiger partial charge >= 0.3 is 5.97 Å². The number of ether oxygens (including phenoxy) is 1. The highest BCUT2D eigenvalue weighted by atomic mass is 16.5. The van der Waals surface area contributed by atoms with Gasteiger partial charge in [0, 0.05) is 25.6 Å². The molecule has 1 aliphatic carbocycles. The molecule has 1 saturated carbocycles. The lowest BCUT2D eigenvalue weighted by atomic mass is 10.1. The standard InChI is InChI=1S/C13H25NO3/c1-10(2)14(8-4-5-13(15)16)12(9-17-3)11-6-7-11/h10-12H,4-9H2,1-3H3,(H,15,16). The van der Waals surface area contributed by atoms with Crippen LogP contribution in [0.25, 0.3) is 0 Å². The quantitative estimate of drug-likeness (QED) is 0.673. The minimum Gasteiger partial charge on any atom is -0.481 e. The van der Waals surface area contributed by atoms with Crippen molar-refractivity contribution in [2.75, 3.05) is 20.3 Å². The minimum atomic E-state index is -0.705. The Hall–Kier alpha value is -0.610. The third-order valence-electron chi connectivity index (χ3n) is 3.40. The molecule has 1 rings (SSSR count). The van der Waals surface area contributed by atoms with Crippen molar-refractivity contribution >= 4 is 5.97 Å². The predicted octanol–water partition coefficient (Wildman–Crippen LogP) is 1.99. The summed E-state index contributed by atoms with van der Waals surface area (Å²) in [7, 11) is 1.74. The number of carboxylic acid groups (broad SMARTS) is 1. The highest BCUT2D eigenvalue weighted by Crippen LogP contribution is 2.36. The monoisotopic (exact) mass is 243 g/mol. The summed E-state index contributed by atoms with van der Waals surface area (Å²) in [6.45, 7) is 5.96. The topological polar surface area (TPSA) is 49.8 Å². The molecule has 0 bridgehead atoms. The third kappa shape index (κ3) is 5.04. The highest BCUT2D eigenvalue weighted by molar-refractivity contribution is 5.66. The number of hydrogen-bond donors (Lipinski definition) is 1. The summed E-state index contributed by atoms with van der Waals surface area (Å²) < 4.78 is 5.31. The largest absolute Gasteiger partial charge is 0.481 e. The van der Waals surface area contributed by atoms with Crippen molar-refractivity contribution < 1.29 is 14.6 Å². The summed E-state index contributed by atoms with van der Waals surface area (Å²) in [5.41, 5.74) is 0. The van der Waals surface area contributed by atoms with E-state index >= 15 is 0 Å². The summed E-state index contributed by atoms with van der Waals surface area (Å²) in [5.74, 6) is 0.0468. The average molecular weight is 243 g/mol. The first-order valence-corrected chi connectivity index (χ1v) is 6.52. The van der Waals surface area contributed by atoms with Crippen LogP contribution in [0.2, 0.25) is 0 Å². The van der Waals surface area contributed by atoms with Crippen LogP contribution in [0.3, 0.4) is 0 Å². The Morgan fingerprint density at radius 2 is 2.12 bits per heavy atom. The van der Waals surface area contributed by atoms with Gasteiger partial charge in [-0.05, 0) is 45.6 Å². The van der Waals surface area contributed by atoms with Crippen molar-refractivity contribution in [2.24, 2.45) is 5.92 Å². The number of methoxy groups -OCH3 is 1. The Labute approximate surface area is 104 Å². The van der Waals surface area contributed by atoms with Crippen LogP contribution in [0.5, 0.6) is 0 Å². The zero-order chi connectivity index (χ0) is 12.8. The molecule has 100 valence electrons.